The molecule has 25 heavy (non-hydrogen) atoms. The van der Waals surface area contributed by atoms with Crippen LogP contribution in [0, 0.1) is 6.92 Å². The summed E-state index contributed by atoms with van der Waals surface area (Å²) in [7, 11) is 1.62. The van der Waals surface area contributed by atoms with Gasteiger partial charge in [0.05, 0.1) is 15.8 Å². The lowest BCUT2D eigenvalue weighted by Gasteiger charge is -2.06. The van der Waals surface area contributed by atoms with Crippen LogP contribution in [0.3, 0.4) is 0 Å². The van der Waals surface area contributed by atoms with E-state index in [4.69, 9.17) is 4.74 Å². The van der Waals surface area contributed by atoms with Crippen LogP contribution in [0.2, 0.25) is 0 Å². The van der Waals surface area contributed by atoms with Gasteiger partial charge in [-0.15, -0.1) is 11.3 Å². The highest BCUT2D eigenvalue weighted by Crippen LogP contribution is 2.34. The first-order valence-corrected chi connectivity index (χ1v) is 9.33. The summed E-state index contributed by atoms with van der Waals surface area (Å²) in [5.41, 5.74) is 1.18. The molecular formula is C20H26N2O2S. The number of thiophene rings is 1. The minimum absolute atomic E-state index is 0.0996. The SMILES string of the molecule is CC.CC.CNC(=O)c1cc2c(Oc3ccc(C)cc3)cncc2s1. The van der Waals surface area contributed by atoms with Crippen molar-refractivity contribution in [3.8, 4) is 11.5 Å². The van der Waals surface area contributed by atoms with Gasteiger partial charge >= 0.3 is 0 Å². The van der Waals surface area contributed by atoms with Crippen molar-refractivity contribution >= 4 is 27.3 Å². The van der Waals surface area contributed by atoms with Gasteiger partial charge in [0.2, 0.25) is 0 Å². The number of benzene rings is 1. The molecule has 0 bridgehead atoms. The average Bonchev–Trinajstić information content (AvgIpc) is 3.11. The fourth-order valence-electron chi connectivity index (χ4n) is 1.99. The van der Waals surface area contributed by atoms with E-state index < -0.39 is 0 Å². The fraction of sp³-hybridized carbons (Fsp3) is 0.300. The lowest BCUT2D eigenvalue weighted by molar-refractivity contribution is 0.0967. The summed E-state index contributed by atoms with van der Waals surface area (Å²) in [6, 6.07) is 9.66. The number of aryl methyl sites for hydroxylation is 1. The van der Waals surface area contributed by atoms with Crippen LogP contribution in [0.1, 0.15) is 42.9 Å². The summed E-state index contributed by atoms with van der Waals surface area (Å²) < 4.78 is 6.81. The molecule has 4 nitrogen and oxygen atoms in total. The van der Waals surface area contributed by atoms with Crippen LogP contribution in [0.25, 0.3) is 10.1 Å². The minimum atomic E-state index is -0.0996. The van der Waals surface area contributed by atoms with Crippen molar-refractivity contribution < 1.29 is 9.53 Å². The molecule has 0 aliphatic heterocycles. The lowest BCUT2D eigenvalue weighted by Crippen LogP contribution is -2.15. The number of carbonyl (C=O) groups is 1. The first kappa shape index (κ1) is 20.6. The summed E-state index contributed by atoms with van der Waals surface area (Å²) in [6.45, 7) is 10.0. The van der Waals surface area contributed by atoms with Gasteiger partial charge in [-0.25, -0.2) is 0 Å². The maximum atomic E-state index is 11.7. The molecule has 2 heterocycles. The molecule has 5 heteroatoms. The predicted molar refractivity (Wildman–Crippen MR) is 107 cm³/mol. The molecule has 1 amide bonds. The molecule has 0 unspecified atom stereocenters. The average molecular weight is 359 g/mol. The zero-order valence-corrected chi connectivity index (χ0v) is 16.5. The third kappa shape index (κ3) is 5.29. The maximum absolute atomic E-state index is 11.7. The Balaban J connectivity index is 0.000000730. The van der Waals surface area contributed by atoms with E-state index in [9.17, 15) is 4.79 Å². The van der Waals surface area contributed by atoms with Crippen molar-refractivity contribution in [1.82, 2.24) is 10.3 Å². The molecule has 3 rings (SSSR count). The molecule has 2 aromatic heterocycles. The van der Waals surface area contributed by atoms with Gasteiger partial charge in [-0.05, 0) is 25.1 Å². The number of hydrogen-bond acceptors (Lipinski definition) is 4. The topological polar surface area (TPSA) is 51.2 Å². The lowest BCUT2D eigenvalue weighted by atomic mass is 10.2. The van der Waals surface area contributed by atoms with Crippen molar-refractivity contribution in [3.05, 3.63) is 53.2 Å². The standard InChI is InChI=1S/C16H14N2O2S.2C2H6/c1-10-3-5-11(6-4-10)20-13-8-18-9-15-12(13)7-14(21-15)16(19)17-2;2*1-2/h3-9H,1-2H3,(H,17,19);2*1-2H3. The molecule has 0 fully saturated rings. The van der Waals surface area contributed by atoms with E-state index in [0.717, 1.165) is 15.8 Å². The van der Waals surface area contributed by atoms with E-state index in [1.807, 2.05) is 65.0 Å². The number of nitrogens with zero attached hydrogens (tertiary/aromatic N) is 1. The molecule has 0 atom stereocenters. The highest BCUT2D eigenvalue weighted by Gasteiger charge is 2.12. The highest BCUT2D eigenvalue weighted by molar-refractivity contribution is 7.20. The van der Waals surface area contributed by atoms with Crippen molar-refractivity contribution in [2.24, 2.45) is 0 Å². The molecular weight excluding hydrogens is 332 g/mol. The Morgan fingerprint density at radius 3 is 2.32 bits per heavy atom. The number of rotatable bonds is 3. The van der Waals surface area contributed by atoms with Gasteiger partial charge in [-0.2, -0.15) is 0 Å². The zero-order chi connectivity index (χ0) is 18.8. The Morgan fingerprint density at radius 2 is 1.72 bits per heavy atom. The number of aromatic nitrogens is 1. The second-order valence-electron chi connectivity index (χ2n) is 4.65. The minimum Gasteiger partial charge on any atom is -0.455 e. The Bertz CT molecular complexity index is 795. The molecule has 0 saturated carbocycles. The van der Waals surface area contributed by atoms with E-state index >= 15 is 0 Å². The highest BCUT2D eigenvalue weighted by atomic mass is 32.1. The summed E-state index contributed by atoms with van der Waals surface area (Å²) in [6.07, 6.45) is 3.41. The molecule has 0 aliphatic rings. The van der Waals surface area contributed by atoms with Crippen LogP contribution >= 0.6 is 11.3 Å². The van der Waals surface area contributed by atoms with E-state index in [1.54, 1.807) is 19.4 Å². The van der Waals surface area contributed by atoms with Gasteiger partial charge in [-0.3, -0.25) is 9.78 Å². The van der Waals surface area contributed by atoms with Crippen molar-refractivity contribution in [2.45, 2.75) is 34.6 Å². The first-order valence-electron chi connectivity index (χ1n) is 8.51. The third-order valence-electron chi connectivity index (χ3n) is 3.11. The number of nitrogens with one attached hydrogen (secondary N) is 1. The van der Waals surface area contributed by atoms with E-state index in [0.29, 0.717) is 10.6 Å². The van der Waals surface area contributed by atoms with E-state index in [1.165, 1.54) is 16.9 Å². The molecule has 0 aliphatic carbocycles. The van der Waals surface area contributed by atoms with Crippen molar-refractivity contribution in [2.75, 3.05) is 7.05 Å². The van der Waals surface area contributed by atoms with Crippen LogP contribution in [0.15, 0.2) is 42.7 Å². The number of pyridine rings is 1. The fourth-order valence-corrected chi connectivity index (χ4v) is 2.98. The zero-order valence-electron chi connectivity index (χ0n) is 15.7. The quantitative estimate of drug-likeness (QED) is 0.643. The van der Waals surface area contributed by atoms with Crippen molar-refractivity contribution in [1.29, 1.82) is 0 Å². The smallest absolute Gasteiger partial charge is 0.261 e. The normalized spacial score (nSPS) is 9.36. The number of ether oxygens (including phenoxy) is 1. The molecule has 3 aromatic rings. The van der Waals surface area contributed by atoms with Crippen LogP contribution in [-0.2, 0) is 0 Å². The van der Waals surface area contributed by atoms with Crippen molar-refractivity contribution in [3.63, 3.8) is 0 Å². The largest absolute Gasteiger partial charge is 0.455 e. The van der Waals surface area contributed by atoms with Crippen LogP contribution < -0.4 is 10.1 Å². The molecule has 1 aromatic carbocycles. The summed E-state index contributed by atoms with van der Waals surface area (Å²) in [5.74, 6) is 1.31. The number of hydrogen-bond donors (Lipinski definition) is 1. The Labute approximate surface area is 153 Å². The third-order valence-corrected chi connectivity index (χ3v) is 4.18. The van der Waals surface area contributed by atoms with Gasteiger partial charge < -0.3 is 10.1 Å². The van der Waals surface area contributed by atoms with E-state index in [-0.39, 0.29) is 5.91 Å². The Kier molecular flexibility index (Phi) is 8.64. The molecule has 0 spiro atoms. The molecule has 0 radical (unpaired) electrons. The van der Waals surface area contributed by atoms with Gasteiger partial charge in [-0.1, -0.05) is 45.4 Å². The predicted octanol–water partition coefficient (Wildman–Crippen LogP) is 5.81. The van der Waals surface area contributed by atoms with Gasteiger partial charge in [0.15, 0.2) is 5.75 Å². The van der Waals surface area contributed by atoms with Crippen LogP contribution in [0.5, 0.6) is 11.5 Å². The number of fused-ring (bicyclic) bond motifs is 1. The van der Waals surface area contributed by atoms with Gasteiger partial charge in [0.25, 0.3) is 5.91 Å². The second kappa shape index (κ2) is 10.5. The second-order valence-corrected chi connectivity index (χ2v) is 5.74. The van der Waals surface area contributed by atoms with E-state index in [2.05, 4.69) is 10.3 Å². The molecule has 0 saturated heterocycles. The van der Waals surface area contributed by atoms with Crippen LogP contribution in [0.4, 0.5) is 0 Å². The molecule has 134 valence electrons. The Hall–Kier alpha value is -2.40. The van der Waals surface area contributed by atoms with Crippen LogP contribution in [-0.4, -0.2) is 17.9 Å². The molecule has 1 N–H and O–H groups in total. The first-order chi connectivity index (χ1) is 12.2. The summed E-state index contributed by atoms with van der Waals surface area (Å²) >= 11 is 1.40. The summed E-state index contributed by atoms with van der Waals surface area (Å²) in [5, 5.41) is 3.53. The number of amides is 1. The summed E-state index contributed by atoms with van der Waals surface area (Å²) in [4.78, 5) is 16.6. The van der Waals surface area contributed by atoms with Gasteiger partial charge in [0, 0.05) is 18.6 Å². The van der Waals surface area contributed by atoms with Gasteiger partial charge in [0.1, 0.15) is 5.75 Å². The Morgan fingerprint density at radius 1 is 1.08 bits per heavy atom. The number of carbonyl (C=O) groups excluding carboxylic acids is 1. The maximum Gasteiger partial charge on any atom is 0.261 e. The monoisotopic (exact) mass is 358 g/mol.